The van der Waals surface area contributed by atoms with E-state index in [4.69, 9.17) is 4.42 Å². The molecule has 8 aromatic carbocycles. The minimum absolute atomic E-state index is 0.0694. The van der Waals surface area contributed by atoms with E-state index >= 15 is 4.79 Å². The number of nitrogens with zero attached hydrogens (tertiary/aromatic N) is 2. The Morgan fingerprint density at radius 1 is 0.417 bits per heavy atom. The van der Waals surface area contributed by atoms with Crippen molar-refractivity contribution < 1.29 is 9.21 Å². The van der Waals surface area contributed by atoms with Crippen molar-refractivity contribution in [2.24, 2.45) is 0 Å². The zero-order chi connectivity index (χ0) is 31.5. The number of hydrogen-bond donors (Lipinski definition) is 0. The molecule has 9 aromatic rings. The van der Waals surface area contributed by atoms with Gasteiger partial charge in [-0.3, -0.25) is 9.80 Å². The summed E-state index contributed by atoms with van der Waals surface area (Å²) < 4.78 is 6.31. The number of rotatable bonds is 2. The third-order valence-corrected chi connectivity index (χ3v) is 10.4. The van der Waals surface area contributed by atoms with Gasteiger partial charge in [0.05, 0.1) is 28.1 Å². The van der Waals surface area contributed by atoms with Crippen molar-refractivity contribution >= 4 is 106 Å². The van der Waals surface area contributed by atoms with Crippen LogP contribution in [0.3, 0.4) is 0 Å². The predicted octanol–water partition coefficient (Wildman–Crippen LogP) is 9.28. The molecule has 2 aliphatic heterocycles. The Morgan fingerprint density at radius 3 is 1.85 bits per heavy atom. The first-order valence-electron chi connectivity index (χ1n) is 16.4. The van der Waals surface area contributed by atoms with E-state index in [1.165, 1.54) is 16.2 Å². The van der Waals surface area contributed by atoms with Crippen molar-refractivity contribution in [2.75, 3.05) is 9.80 Å². The molecule has 4 nitrogen and oxygen atoms in total. The van der Waals surface area contributed by atoms with E-state index < -0.39 is 0 Å². The average Bonchev–Trinajstić information content (AvgIpc) is 3.53. The number of hydrogen-bond acceptors (Lipinski definition) is 2. The molecule has 0 saturated heterocycles. The maximum absolute atomic E-state index is 15.5. The van der Waals surface area contributed by atoms with Crippen molar-refractivity contribution in [3.05, 3.63) is 152 Å². The van der Waals surface area contributed by atoms with Crippen LogP contribution in [0.25, 0.3) is 54.3 Å². The standard InChI is InChI=1S/C43H25BN2O2/c47-43-45(36-19-9-21-38-40(36)31-16-5-6-20-37(31)48-38)35-18-8-13-28-23-25-34-42(39(28)35)46(43)41-30-15-4-2-11-27(30)22-24-33(41)44(34)32-17-7-12-26-10-1-3-14-29(26)32/h1-25H. The molecule has 0 unspecified atom stereocenters. The van der Waals surface area contributed by atoms with E-state index in [1.807, 2.05) is 46.2 Å². The molecule has 11 rings (SSSR count). The highest BCUT2D eigenvalue weighted by molar-refractivity contribution is 7.00. The van der Waals surface area contributed by atoms with E-state index in [-0.39, 0.29) is 12.7 Å². The van der Waals surface area contributed by atoms with Crippen molar-refractivity contribution in [3.8, 4) is 0 Å². The Kier molecular flexibility index (Phi) is 5.04. The summed E-state index contributed by atoms with van der Waals surface area (Å²) in [5.74, 6) is 0. The molecule has 0 atom stereocenters. The molecule has 5 heteroatoms. The minimum atomic E-state index is -0.103. The molecule has 1 aromatic heterocycles. The number of carbonyl (C=O) groups excluding carboxylic acids is 1. The first-order chi connectivity index (χ1) is 23.8. The fraction of sp³-hybridized carbons (Fsp3) is 0. The monoisotopic (exact) mass is 612 g/mol. The lowest BCUT2D eigenvalue weighted by Crippen LogP contribution is -2.60. The first-order valence-corrected chi connectivity index (χ1v) is 16.4. The molecular weight excluding hydrogens is 587 g/mol. The third kappa shape index (κ3) is 3.27. The smallest absolute Gasteiger partial charge is 0.338 e. The van der Waals surface area contributed by atoms with Crippen LogP contribution in [0.5, 0.6) is 0 Å². The van der Waals surface area contributed by atoms with Gasteiger partial charge in [0.25, 0.3) is 0 Å². The van der Waals surface area contributed by atoms with E-state index in [0.29, 0.717) is 0 Å². The number of fused-ring (bicyclic) bond motifs is 8. The van der Waals surface area contributed by atoms with E-state index in [0.717, 1.165) is 77.2 Å². The number of para-hydroxylation sites is 1. The topological polar surface area (TPSA) is 36.7 Å². The molecule has 3 heterocycles. The number of anilines is 4. The van der Waals surface area contributed by atoms with Crippen LogP contribution in [0.2, 0.25) is 0 Å². The summed E-state index contributed by atoms with van der Waals surface area (Å²) in [5.41, 5.74) is 8.65. The molecule has 48 heavy (non-hydrogen) atoms. The van der Waals surface area contributed by atoms with Crippen LogP contribution in [0, 0.1) is 0 Å². The average molecular weight is 612 g/mol. The maximum atomic E-state index is 15.5. The summed E-state index contributed by atoms with van der Waals surface area (Å²) >= 11 is 0. The van der Waals surface area contributed by atoms with Gasteiger partial charge >= 0.3 is 6.03 Å². The van der Waals surface area contributed by atoms with Gasteiger partial charge in [-0.1, -0.05) is 133 Å². The molecule has 0 spiro atoms. The molecule has 222 valence electrons. The van der Waals surface area contributed by atoms with Crippen LogP contribution >= 0.6 is 0 Å². The Labute approximate surface area is 276 Å². The lowest BCUT2D eigenvalue weighted by atomic mass is 9.34. The van der Waals surface area contributed by atoms with E-state index in [9.17, 15) is 0 Å². The second-order valence-corrected chi connectivity index (χ2v) is 12.8. The zero-order valence-corrected chi connectivity index (χ0v) is 25.7. The van der Waals surface area contributed by atoms with Gasteiger partial charge in [-0.05, 0) is 56.7 Å². The van der Waals surface area contributed by atoms with Gasteiger partial charge in [0.15, 0.2) is 0 Å². The van der Waals surface area contributed by atoms with Gasteiger partial charge in [0.1, 0.15) is 11.2 Å². The molecule has 0 saturated carbocycles. The third-order valence-electron chi connectivity index (χ3n) is 10.4. The van der Waals surface area contributed by atoms with Gasteiger partial charge in [-0.15, -0.1) is 0 Å². The van der Waals surface area contributed by atoms with Gasteiger partial charge in [-0.2, -0.15) is 0 Å². The quantitative estimate of drug-likeness (QED) is 0.183. The normalized spacial score (nSPS) is 13.8. The maximum Gasteiger partial charge on any atom is 0.338 e. The van der Waals surface area contributed by atoms with Crippen LogP contribution < -0.4 is 26.2 Å². The highest BCUT2D eigenvalue weighted by Crippen LogP contribution is 2.50. The molecule has 0 radical (unpaired) electrons. The summed E-state index contributed by atoms with van der Waals surface area (Å²) in [6.07, 6.45) is 0. The van der Waals surface area contributed by atoms with Gasteiger partial charge in [0.2, 0.25) is 6.71 Å². The summed E-state index contributed by atoms with van der Waals surface area (Å²) in [7, 11) is 0. The Hall–Kier alpha value is -6.33. The molecule has 0 fully saturated rings. The van der Waals surface area contributed by atoms with Gasteiger partial charge < -0.3 is 4.42 Å². The molecule has 0 N–H and O–H groups in total. The fourth-order valence-corrected chi connectivity index (χ4v) is 8.46. The molecule has 2 aliphatic rings. The van der Waals surface area contributed by atoms with Crippen molar-refractivity contribution in [1.29, 1.82) is 0 Å². The van der Waals surface area contributed by atoms with Gasteiger partial charge in [0, 0.05) is 16.2 Å². The Morgan fingerprint density at radius 2 is 1.00 bits per heavy atom. The second kappa shape index (κ2) is 9.37. The largest absolute Gasteiger partial charge is 0.456 e. The van der Waals surface area contributed by atoms with E-state index in [1.54, 1.807) is 0 Å². The SMILES string of the molecule is O=C1N2c3c(ccc4ccccc34)B(c3cccc4ccccc34)c3ccc4cccc(c4c32)N1c1cccc2oc3ccccc3c12. The van der Waals surface area contributed by atoms with E-state index in [2.05, 4.69) is 115 Å². The number of carbonyl (C=O) groups is 1. The van der Waals surface area contributed by atoms with Crippen LogP contribution in [0.15, 0.2) is 156 Å². The number of furan rings is 1. The summed E-state index contributed by atoms with van der Waals surface area (Å²) in [6.45, 7) is -0.0694. The summed E-state index contributed by atoms with van der Waals surface area (Å²) in [6, 6.07) is 52.8. The first kappa shape index (κ1) is 25.8. The highest BCUT2D eigenvalue weighted by Gasteiger charge is 2.45. The predicted molar refractivity (Wildman–Crippen MR) is 200 cm³/mol. The lowest BCUT2D eigenvalue weighted by molar-refractivity contribution is 0.255. The fourth-order valence-electron chi connectivity index (χ4n) is 8.46. The van der Waals surface area contributed by atoms with Crippen LogP contribution in [0.4, 0.5) is 27.5 Å². The zero-order valence-electron chi connectivity index (χ0n) is 25.7. The summed E-state index contributed by atoms with van der Waals surface area (Å²) in [5, 5.41) is 8.68. The Balaban J connectivity index is 1.29. The van der Waals surface area contributed by atoms with Crippen molar-refractivity contribution in [2.45, 2.75) is 0 Å². The molecular formula is C43H25BN2O2. The molecule has 0 aliphatic carbocycles. The number of amides is 2. The minimum Gasteiger partial charge on any atom is -0.456 e. The lowest BCUT2D eigenvalue weighted by Gasteiger charge is -2.43. The van der Waals surface area contributed by atoms with Crippen molar-refractivity contribution in [1.82, 2.24) is 0 Å². The Bertz CT molecular complexity index is 2850. The molecule has 2 amide bonds. The van der Waals surface area contributed by atoms with Crippen LogP contribution in [-0.2, 0) is 0 Å². The molecule has 0 bridgehead atoms. The highest BCUT2D eigenvalue weighted by atomic mass is 16.3. The van der Waals surface area contributed by atoms with Crippen LogP contribution in [0.1, 0.15) is 0 Å². The van der Waals surface area contributed by atoms with Crippen molar-refractivity contribution in [3.63, 3.8) is 0 Å². The van der Waals surface area contributed by atoms with Gasteiger partial charge in [-0.25, -0.2) is 4.79 Å². The summed E-state index contributed by atoms with van der Waals surface area (Å²) in [4.78, 5) is 19.4. The van der Waals surface area contributed by atoms with Crippen LogP contribution in [-0.4, -0.2) is 12.7 Å². The number of benzene rings is 8. The number of urea groups is 1. The second-order valence-electron chi connectivity index (χ2n) is 12.8.